The van der Waals surface area contributed by atoms with Crippen molar-refractivity contribution in [3.8, 4) is 5.75 Å². The minimum Gasteiger partial charge on any atom is -0.483 e. The molecule has 0 saturated carbocycles. The average molecular weight is 315 g/mol. The van der Waals surface area contributed by atoms with Gasteiger partial charge in [0, 0.05) is 25.1 Å². The topological polar surface area (TPSA) is 38.8 Å². The molecule has 2 heterocycles. The van der Waals surface area contributed by atoms with Crippen LogP contribution in [-0.4, -0.2) is 42.2 Å². The number of benzene rings is 1. The number of fused-ring (bicyclic) bond motifs is 1. The molecule has 0 aliphatic carbocycles. The lowest BCUT2D eigenvalue weighted by Gasteiger charge is -2.34. The fraction of sp³-hybridized carbons (Fsp3) is 0.526. The normalized spacial score (nSPS) is 23.5. The van der Waals surface area contributed by atoms with Gasteiger partial charge in [-0.3, -0.25) is 4.79 Å². The number of hydrogen-bond acceptors (Lipinski definition) is 3. The number of carbonyl (C=O) groups is 1. The van der Waals surface area contributed by atoms with Gasteiger partial charge in [-0.1, -0.05) is 24.3 Å². The Hall–Kier alpha value is -1.81. The first-order chi connectivity index (χ1) is 11.1. The van der Waals surface area contributed by atoms with E-state index in [1.807, 2.05) is 36.9 Å². The fourth-order valence-electron chi connectivity index (χ4n) is 3.18. The molecular formula is C19H25NO3. The molecule has 1 fully saturated rings. The van der Waals surface area contributed by atoms with Crippen molar-refractivity contribution in [3.63, 3.8) is 0 Å². The molecule has 0 aromatic heterocycles. The van der Waals surface area contributed by atoms with Gasteiger partial charge in [0.25, 0.3) is 0 Å². The van der Waals surface area contributed by atoms with Gasteiger partial charge in [-0.05, 0) is 38.8 Å². The first kappa shape index (κ1) is 16.1. The number of rotatable bonds is 3. The van der Waals surface area contributed by atoms with Crippen molar-refractivity contribution in [1.82, 2.24) is 4.90 Å². The molecule has 124 valence electrons. The molecule has 0 radical (unpaired) electrons. The third kappa shape index (κ3) is 3.75. The smallest absolute Gasteiger partial charge is 0.248 e. The molecular weight excluding hydrogens is 290 g/mol. The molecule has 1 aromatic rings. The van der Waals surface area contributed by atoms with E-state index < -0.39 is 0 Å². The molecule has 1 aromatic carbocycles. The number of likely N-dealkylation sites (tertiary alicyclic amines) is 1. The summed E-state index contributed by atoms with van der Waals surface area (Å²) in [7, 11) is 0. The van der Waals surface area contributed by atoms with E-state index in [-0.39, 0.29) is 24.2 Å². The van der Waals surface area contributed by atoms with E-state index in [9.17, 15) is 4.79 Å². The van der Waals surface area contributed by atoms with Crippen LogP contribution in [0.4, 0.5) is 0 Å². The number of amides is 1. The fourth-order valence-corrected chi connectivity index (χ4v) is 3.18. The molecule has 1 atom stereocenters. The molecule has 2 aliphatic heterocycles. The minimum absolute atomic E-state index is 0.0796. The van der Waals surface area contributed by atoms with Crippen molar-refractivity contribution in [1.29, 1.82) is 0 Å². The number of para-hydroxylation sites is 1. The van der Waals surface area contributed by atoms with E-state index in [1.54, 1.807) is 0 Å². The van der Waals surface area contributed by atoms with Gasteiger partial charge in [0.2, 0.25) is 5.91 Å². The van der Waals surface area contributed by atoms with Crippen molar-refractivity contribution in [2.24, 2.45) is 0 Å². The van der Waals surface area contributed by atoms with E-state index >= 15 is 0 Å². The zero-order chi connectivity index (χ0) is 16.3. The van der Waals surface area contributed by atoms with Crippen molar-refractivity contribution < 1.29 is 14.3 Å². The highest BCUT2D eigenvalue weighted by Gasteiger charge is 2.35. The maximum absolute atomic E-state index is 12.3. The Labute approximate surface area is 138 Å². The molecule has 0 N–H and O–H groups in total. The van der Waals surface area contributed by atoms with Crippen molar-refractivity contribution in [2.75, 3.05) is 19.7 Å². The zero-order valence-corrected chi connectivity index (χ0v) is 14.0. The van der Waals surface area contributed by atoms with Crippen LogP contribution in [0.2, 0.25) is 0 Å². The van der Waals surface area contributed by atoms with E-state index in [2.05, 4.69) is 18.2 Å². The van der Waals surface area contributed by atoms with Crippen LogP contribution in [0.15, 0.2) is 30.3 Å². The quantitative estimate of drug-likeness (QED) is 0.859. The first-order valence-electron chi connectivity index (χ1n) is 8.45. The van der Waals surface area contributed by atoms with Crippen LogP contribution in [0.5, 0.6) is 5.75 Å². The third-order valence-corrected chi connectivity index (χ3v) is 4.52. The van der Waals surface area contributed by atoms with Crippen molar-refractivity contribution >= 4 is 12.0 Å². The van der Waals surface area contributed by atoms with Crippen molar-refractivity contribution in [2.45, 2.75) is 44.8 Å². The molecule has 1 saturated heterocycles. The van der Waals surface area contributed by atoms with Gasteiger partial charge in [-0.2, -0.15) is 0 Å². The minimum atomic E-state index is -0.276. The van der Waals surface area contributed by atoms with Gasteiger partial charge in [0.15, 0.2) is 0 Å². The van der Waals surface area contributed by atoms with E-state index in [0.717, 1.165) is 37.1 Å². The Morgan fingerprint density at radius 3 is 2.96 bits per heavy atom. The lowest BCUT2D eigenvalue weighted by Crippen LogP contribution is -2.39. The Balaban J connectivity index is 1.64. The zero-order valence-electron chi connectivity index (χ0n) is 14.0. The van der Waals surface area contributed by atoms with Crippen LogP contribution < -0.4 is 4.74 Å². The summed E-state index contributed by atoms with van der Waals surface area (Å²) in [5.74, 6) is 1.02. The number of ether oxygens (including phenoxy) is 2. The monoisotopic (exact) mass is 315 g/mol. The van der Waals surface area contributed by atoms with Crippen LogP contribution in [0, 0.1) is 0 Å². The Bertz CT molecular complexity index is 596. The predicted molar refractivity (Wildman–Crippen MR) is 90.4 cm³/mol. The second-order valence-electron chi connectivity index (χ2n) is 6.63. The number of nitrogens with zero attached hydrogens (tertiary/aromatic N) is 1. The van der Waals surface area contributed by atoms with E-state index in [1.165, 1.54) is 0 Å². The highest BCUT2D eigenvalue weighted by atomic mass is 16.5. The molecule has 1 unspecified atom stereocenters. The van der Waals surface area contributed by atoms with Crippen LogP contribution in [0.3, 0.4) is 0 Å². The molecule has 4 heteroatoms. The molecule has 2 aliphatic rings. The summed E-state index contributed by atoms with van der Waals surface area (Å²) in [6.45, 7) is 5.56. The molecule has 4 nitrogen and oxygen atoms in total. The summed E-state index contributed by atoms with van der Waals surface area (Å²) >= 11 is 0. The average Bonchev–Trinajstić information content (AvgIpc) is 2.75. The number of hydrogen-bond donors (Lipinski definition) is 0. The van der Waals surface area contributed by atoms with Gasteiger partial charge in [0.05, 0.1) is 6.10 Å². The lowest BCUT2D eigenvalue weighted by molar-refractivity contribution is -0.137. The van der Waals surface area contributed by atoms with E-state index in [0.29, 0.717) is 6.54 Å². The van der Waals surface area contributed by atoms with Gasteiger partial charge in [-0.25, -0.2) is 0 Å². The Morgan fingerprint density at radius 2 is 2.13 bits per heavy atom. The Morgan fingerprint density at radius 1 is 1.30 bits per heavy atom. The summed E-state index contributed by atoms with van der Waals surface area (Å²) < 4.78 is 11.8. The molecule has 0 bridgehead atoms. The standard InChI is InChI=1S/C19H25NO3/c1-15(2)22-14-18(21)20-12-5-9-19(11-13-20)10-8-16-6-3-4-7-17(16)23-19/h3-4,6-8,10,15H,5,9,11-14H2,1-2H3. The second-order valence-corrected chi connectivity index (χ2v) is 6.63. The number of carbonyl (C=O) groups excluding carboxylic acids is 1. The van der Waals surface area contributed by atoms with E-state index in [4.69, 9.17) is 9.47 Å². The highest BCUT2D eigenvalue weighted by molar-refractivity contribution is 5.77. The molecule has 3 rings (SSSR count). The van der Waals surface area contributed by atoms with Gasteiger partial charge in [0.1, 0.15) is 18.0 Å². The largest absolute Gasteiger partial charge is 0.483 e. The van der Waals surface area contributed by atoms with Gasteiger partial charge in [-0.15, -0.1) is 0 Å². The second kappa shape index (κ2) is 6.75. The maximum Gasteiger partial charge on any atom is 0.248 e. The summed E-state index contributed by atoms with van der Waals surface area (Å²) in [5, 5.41) is 0. The summed E-state index contributed by atoms with van der Waals surface area (Å²) in [6.07, 6.45) is 7.11. The molecule has 23 heavy (non-hydrogen) atoms. The van der Waals surface area contributed by atoms with Crippen molar-refractivity contribution in [3.05, 3.63) is 35.9 Å². The third-order valence-electron chi connectivity index (χ3n) is 4.52. The summed E-state index contributed by atoms with van der Waals surface area (Å²) in [4.78, 5) is 14.2. The van der Waals surface area contributed by atoms with Gasteiger partial charge >= 0.3 is 0 Å². The van der Waals surface area contributed by atoms with Gasteiger partial charge < -0.3 is 14.4 Å². The van der Waals surface area contributed by atoms with Crippen LogP contribution in [0.1, 0.15) is 38.7 Å². The Kier molecular flexibility index (Phi) is 4.71. The lowest BCUT2D eigenvalue weighted by atomic mass is 9.91. The van der Waals surface area contributed by atoms with Crippen LogP contribution >= 0.6 is 0 Å². The highest BCUT2D eigenvalue weighted by Crippen LogP contribution is 2.36. The molecule has 1 amide bonds. The SMILES string of the molecule is CC(C)OCC(=O)N1CCCC2(C=Cc3ccccc3O2)CC1. The first-order valence-corrected chi connectivity index (χ1v) is 8.45. The molecule has 1 spiro atoms. The summed E-state index contributed by atoms with van der Waals surface area (Å²) in [5.41, 5.74) is 0.850. The maximum atomic E-state index is 12.3. The summed E-state index contributed by atoms with van der Waals surface area (Å²) in [6, 6.07) is 8.10. The van der Waals surface area contributed by atoms with Crippen LogP contribution in [-0.2, 0) is 9.53 Å². The van der Waals surface area contributed by atoms with Crippen LogP contribution in [0.25, 0.3) is 6.08 Å². The predicted octanol–water partition coefficient (Wildman–Crippen LogP) is 3.27.